The second-order valence-electron chi connectivity index (χ2n) is 5.22. The number of aryl methyl sites for hydroxylation is 1. The lowest BCUT2D eigenvalue weighted by Gasteiger charge is -2.08. The monoisotopic (exact) mass is 286 g/mol. The van der Waals surface area contributed by atoms with E-state index >= 15 is 0 Å². The Bertz CT molecular complexity index is 599. The van der Waals surface area contributed by atoms with E-state index in [2.05, 4.69) is 29.0 Å². The van der Waals surface area contributed by atoms with E-state index in [1.54, 1.807) is 11.3 Å². The van der Waals surface area contributed by atoms with Gasteiger partial charge in [-0.25, -0.2) is 0 Å². The van der Waals surface area contributed by atoms with Crippen LogP contribution in [0.1, 0.15) is 23.3 Å². The van der Waals surface area contributed by atoms with Crippen molar-refractivity contribution in [2.75, 3.05) is 10.6 Å². The maximum absolute atomic E-state index is 11.7. The van der Waals surface area contributed by atoms with E-state index < -0.39 is 0 Å². The first-order valence-corrected chi connectivity index (χ1v) is 7.78. The molecule has 1 saturated carbocycles. The molecule has 20 heavy (non-hydrogen) atoms. The highest BCUT2D eigenvalue weighted by atomic mass is 32.1. The number of carbonyl (C=O) groups is 1. The minimum Gasteiger partial charge on any atom is -0.380 e. The summed E-state index contributed by atoms with van der Waals surface area (Å²) in [5, 5.41) is 8.46. The van der Waals surface area contributed by atoms with Gasteiger partial charge in [0.1, 0.15) is 0 Å². The normalized spacial score (nSPS) is 14.1. The van der Waals surface area contributed by atoms with Gasteiger partial charge in [0.05, 0.1) is 0 Å². The number of benzene rings is 1. The highest BCUT2D eigenvalue weighted by Gasteiger charge is 2.29. The van der Waals surface area contributed by atoms with Gasteiger partial charge in [-0.2, -0.15) is 0 Å². The van der Waals surface area contributed by atoms with Crippen LogP contribution >= 0.6 is 11.3 Å². The Morgan fingerprint density at radius 3 is 2.50 bits per heavy atom. The van der Waals surface area contributed by atoms with Gasteiger partial charge in [0.15, 0.2) is 0 Å². The van der Waals surface area contributed by atoms with Crippen LogP contribution in [0, 0.1) is 12.8 Å². The minimum atomic E-state index is 0.153. The molecule has 2 N–H and O–H groups in total. The number of hydrogen-bond acceptors (Lipinski definition) is 3. The molecule has 2 aromatic rings. The molecule has 0 radical (unpaired) electrons. The van der Waals surface area contributed by atoms with Crippen LogP contribution in [0.15, 0.2) is 35.7 Å². The number of nitrogens with one attached hydrogen (secondary N) is 2. The SMILES string of the molecule is Cc1ccsc1CNc1ccc(NC(=O)C2CC2)cc1. The average Bonchev–Trinajstić information content (AvgIpc) is 3.22. The molecule has 1 aliphatic carbocycles. The molecule has 1 aliphatic rings. The van der Waals surface area contributed by atoms with Crippen LogP contribution in [0.5, 0.6) is 0 Å². The summed E-state index contributed by atoms with van der Waals surface area (Å²) >= 11 is 1.77. The van der Waals surface area contributed by atoms with Crippen molar-refractivity contribution in [3.8, 4) is 0 Å². The fourth-order valence-corrected chi connectivity index (χ4v) is 2.87. The predicted molar refractivity (Wildman–Crippen MR) is 84.2 cm³/mol. The molecule has 104 valence electrons. The second kappa shape index (κ2) is 5.67. The van der Waals surface area contributed by atoms with Crippen LogP contribution < -0.4 is 10.6 Å². The first-order valence-electron chi connectivity index (χ1n) is 6.90. The molecule has 1 aromatic heterocycles. The van der Waals surface area contributed by atoms with Gasteiger partial charge in [-0.1, -0.05) is 0 Å². The van der Waals surface area contributed by atoms with Crippen molar-refractivity contribution >= 4 is 28.6 Å². The van der Waals surface area contributed by atoms with Gasteiger partial charge >= 0.3 is 0 Å². The largest absolute Gasteiger partial charge is 0.380 e. The lowest BCUT2D eigenvalue weighted by molar-refractivity contribution is -0.117. The molecule has 0 spiro atoms. The zero-order valence-corrected chi connectivity index (χ0v) is 12.3. The van der Waals surface area contributed by atoms with Crippen molar-refractivity contribution in [2.45, 2.75) is 26.3 Å². The number of thiophene rings is 1. The summed E-state index contributed by atoms with van der Waals surface area (Å²) in [5.41, 5.74) is 3.28. The third-order valence-corrected chi connectivity index (χ3v) is 4.54. The molecule has 0 saturated heterocycles. The Morgan fingerprint density at radius 2 is 1.90 bits per heavy atom. The van der Waals surface area contributed by atoms with Crippen molar-refractivity contribution in [3.05, 3.63) is 46.2 Å². The topological polar surface area (TPSA) is 41.1 Å². The van der Waals surface area contributed by atoms with Crippen LogP contribution in [0.25, 0.3) is 0 Å². The lowest BCUT2D eigenvalue weighted by atomic mass is 10.2. The van der Waals surface area contributed by atoms with E-state index in [1.807, 2.05) is 24.3 Å². The molecule has 0 unspecified atom stereocenters. The average molecular weight is 286 g/mol. The minimum absolute atomic E-state index is 0.153. The Morgan fingerprint density at radius 1 is 1.20 bits per heavy atom. The van der Waals surface area contributed by atoms with E-state index in [9.17, 15) is 4.79 Å². The highest BCUT2D eigenvalue weighted by Crippen LogP contribution is 2.30. The second-order valence-corrected chi connectivity index (χ2v) is 6.22. The van der Waals surface area contributed by atoms with Crippen LogP contribution in [-0.4, -0.2) is 5.91 Å². The van der Waals surface area contributed by atoms with Crippen molar-refractivity contribution in [2.24, 2.45) is 5.92 Å². The fraction of sp³-hybridized carbons (Fsp3) is 0.312. The van der Waals surface area contributed by atoms with Gasteiger partial charge in [0.2, 0.25) is 5.91 Å². The molecule has 3 rings (SSSR count). The Balaban J connectivity index is 1.55. The maximum atomic E-state index is 11.7. The van der Waals surface area contributed by atoms with Crippen molar-refractivity contribution in [1.29, 1.82) is 0 Å². The van der Waals surface area contributed by atoms with Crippen LogP contribution in [-0.2, 0) is 11.3 Å². The standard InChI is InChI=1S/C16H18N2OS/c1-11-8-9-20-15(11)10-17-13-4-6-14(7-5-13)18-16(19)12-2-3-12/h4-9,12,17H,2-3,10H2,1H3,(H,18,19). The summed E-state index contributed by atoms with van der Waals surface area (Å²) in [7, 11) is 0. The Labute approximate surface area is 123 Å². The smallest absolute Gasteiger partial charge is 0.227 e. The van der Waals surface area contributed by atoms with Crippen molar-refractivity contribution in [1.82, 2.24) is 0 Å². The first-order chi connectivity index (χ1) is 9.72. The predicted octanol–water partition coefficient (Wildman–Crippen LogP) is 4.02. The molecule has 1 amide bonds. The summed E-state index contributed by atoms with van der Waals surface area (Å²) in [6.07, 6.45) is 2.07. The molecule has 1 fully saturated rings. The summed E-state index contributed by atoms with van der Waals surface area (Å²) in [6.45, 7) is 2.97. The van der Waals surface area contributed by atoms with E-state index in [4.69, 9.17) is 0 Å². The van der Waals surface area contributed by atoms with Gasteiger partial charge in [-0.05, 0) is 61.0 Å². The van der Waals surface area contributed by atoms with Crippen molar-refractivity contribution < 1.29 is 4.79 Å². The molecule has 3 nitrogen and oxygen atoms in total. The maximum Gasteiger partial charge on any atom is 0.227 e. The van der Waals surface area contributed by atoms with E-state index in [0.717, 1.165) is 30.8 Å². The summed E-state index contributed by atoms with van der Waals surface area (Å²) in [4.78, 5) is 13.0. The third kappa shape index (κ3) is 3.20. The van der Waals surface area contributed by atoms with Gasteiger partial charge < -0.3 is 10.6 Å². The van der Waals surface area contributed by atoms with Gasteiger partial charge in [0, 0.05) is 28.7 Å². The van der Waals surface area contributed by atoms with Crippen LogP contribution in [0.3, 0.4) is 0 Å². The summed E-state index contributed by atoms with van der Waals surface area (Å²) in [5.74, 6) is 0.398. The quantitative estimate of drug-likeness (QED) is 0.871. The number of amides is 1. The third-order valence-electron chi connectivity index (χ3n) is 3.52. The van der Waals surface area contributed by atoms with E-state index in [-0.39, 0.29) is 11.8 Å². The fourth-order valence-electron chi connectivity index (χ4n) is 2.03. The zero-order valence-electron chi connectivity index (χ0n) is 11.5. The lowest BCUT2D eigenvalue weighted by Crippen LogP contribution is -2.13. The van der Waals surface area contributed by atoms with Gasteiger partial charge in [-0.15, -0.1) is 11.3 Å². The van der Waals surface area contributed by atoms with Crippen LogP contribution in [0.2, 0.25) is 0 Å². The number of hydrogen-bond donors (Lipinski definition) is 2. The molecular weight excluding hydrogens is 268 g/mol. The number of carbonyl (C=O) groups excluding carboxylic acids is 1. The van der Waals surface area contributed by atoms with Gasteiger partial charge in [0.25, 0.3) is 0 Å². The molecule has 0 aliphatic heterocycles. The van der Waals surface area contributed by atoms with Crippen LogP contribution in [0.4, 0.5) is 11.4 Å². The molecular formula is C16H18N2OS. The van der Waals surface area contributed by atoms with E-state index in [1.165, 1.54) is 10.4 Å². The Kier molecular flexibility index (Phi) is 3.74. The summed E-state index contributed by atoms with van der Waals surface area (Å²) in [6, 6.07) is 10.0. The molecule has 4 heteroatoms. The molecule has 0 atom stereocenters. The molecule has 1 heterocycles. The molecule has 1 aromatic carbocycles. The first kappa shape index (κ1) is 13.2. The van der Waals surface area contributed by atoms with E-state index in [0.29, 0.717) is 0 Å². The Hall–Kier alpha value is -1.81. The molecule has 0 bridgehead atoms. The van der Waals surface area contributed by atoms with Gasteiger partial charge in [-0.3, -0.25) is 4.79 Å². The number of rotatable bonds is 5. The number of anilines is 2. The highest BCUT2D eigenvalue weighted by molar-refractivity contribution is 7.10. The van der Waals surface area contributed by atoms with Crippen molar-refractivity contribution in [3.63, 3.8) is 0 Å². The summed E-state index contributed by atoms with van der Waals surface area (Å²) < 4.78 is 0. The zero-order chi connectivity index (χ0) is 13.9.